The second-order valence-electron chi connectivity index (χ2n) is 13.1. The number of hydrogen-bond donors (Lipinski definition) is 2. The van der Waals surface area contributed by atoms with Crippen molar-refractivity contribution < 1.29 is 19.2 Å². The van der Waals surface area contributed by atoms with Crippen LogP contribution in [-0.4, -0.2) is 72.6 Å². The van der Waals surface area contributed by atoms with E-state index in [1.165, 1.54) is 22.3 Å². The van der Waals surface area contributed by atoms with E-state index >= 15 is 0 Å². The zero-order valence-corrected chi connectivity index (χ0v) is 24.8. The minimum atomic E-state index is -1.69. The predicted octanol–water partition coefficient (Wildman–Crippen LogP) is 4.81. The Morgan fingerprint density at radius 3 is 2.27 bits per heavy atom. The Bertz CT molecular complexity index is 1300. The van der Waals surface area contributed by atoms with E-state index in [0.717, 1.165) is 45.3 Å². The van der Waals surface area contributed by atoms with Gasteiger partial charge >= 0.3 is 5.97 Å². The van der Waals surface area contributed by atoms with E-state index in [-0.39, 0.29) is 34.2 Å². The third-order valence-electron chi connectivity index (χ3n) is 10.2. The molecule has 5 rings (SSSR count). The molecule has 0 aliphatic carbocycles. The number of carbonyl (C=O) groups is 2. The Hall–Kier alpha value is -2.80. The molecule has 2 aromatic carbocycles. The zero-order valence-electron chi connectivity index (χ0n) is 24.8. The van der Waals surface area contributed by atoms with Crippen molar-refractivity contribution in [3.05, 3.63) is 82.9 Å². The molecule has 2 unspecified atom stereocenters. The van der Waals surface area contributed by atoms with Crippen molar-refractivity contribution in [1.82, 2.24) is 10.2 Å². The molecule has 1 saturated heterocycles. The lowest BCUT2D eigenvalue weighted by atomic mass is 9.57. The van der Waals surface area contributed by atoms with Crippen molar-refractivity contribution in [2.75, 3.05) is 40.8 Å². The molecule has 2 aromatic rings. The van der Waals surface area contributed by atoms with Crippen LogP contribution in [0.1, 0.15) is 61.0 Å². The van der Waals surface area contributed by atoms with E-state index in [9.17, 15) is 14.7 Å². The first kappa shape index (κ1) is 28.7. The van der Waals surface area contributed by atoms with Crippen LogP contribution in [0.5, 0.6) is 0 Å². The molecule has 2 N–H and O–H groups in total. The van der Waals surface area contributed by atoms with Gasteiger partial charge in [0.25, 0.3) is 5.54 Å². The molecule has 6 atom stereocenters. The lowest BCUT2D eigenvalue weighted by Crippen LogP contribution is -2.75. The van der Waals surface area contributed by atoms with Crippen LogP contribution in [0.15, 0.2) is 60.7 Å². The van der Waals surface area contributed by atoms with Gasteiger partial charge in [-0.1, -0.05) is 68.5 Å². The van der Waals surface area contributed by atoms with Gasteiger partial charge in [0.2, 0.25) is 5.78 Å². The number of ketones is 1. The summed E-state index contributed by atoms with van der Waals surface area (Å²) in [4.78, 5) is 30.8. The first-order valence-corrected chi connectivity index (χ1v) is 14.9. The Labute approximate surface area is 239 Å². The van der Waals surface area contributed by atoms with E-state index in [1.807, 2.05) is 21.1 Å². The Morgan fingerprint density at radius 1 is 1.05 bits per heavy atom. The third-order valence-corrected chi connectivity index (χ3v) is 10.2. The van der Waals surface area contributed by atoms with E-state index in [1.54, 1.807) is 6.92 Å². The van der Waals surface area contributed by atoms with Crippen LogP contribution in [-0.2, 0) is 22.4 Å². The molecular weight excluding hydrogens is 498 g/mol. The number of carbonyl (C=O) groups excluding carboxylic acids is 1. The van der Waals surface area contributed by atoms with Gasteiger partial charge in [-0.3, -0.25) is 9.69 Å². The summed E-state index contributed by atoms with van der Waals surface area (Å²) in [7, 11) is 5.65. The molecule has 6 nitrogen and oxygen atoms in total. The number of likely N-dealkylation sites (N-methyl/N-ethyl adjacent to an activating group) is 1. The summed E-state index contributed by atoms with van der Waals surface area (Å²) >= 11 is 0. The monoisotopic (exact) mass is 544 g/mol. The van der Waals surface area contributed by atoms with Gasteiger partial charge in [-0.15, -0.1) is 0 Å². The highest BCUT2D eigenvalue weighted by Crippen LogP contribution is 2.55. The molecule has 3 aliphatic rings. The number of nitrogens with one attached hydrogen (secondary N) is 1. The molecule has 40 heavy (non-hydrogen) atoms. The highest BCUT2D eigenvalue weighted by atomic mass is 16.4. The van der Waals surface area contributed by atoms with Crippen LogP contribution in [0.3, 0.4) is 0 Å². The highest BCUT2D eigenvalue weighted by Gasteiger charge is 2.69. The van der Waals surface area contributed by atoms with Crippen LogP contribution in [0.25, 0.3) is 0 Å². The average Bonchev–Trinajstić information content (AvgIpc) is 2.92. The number of rotatable bonds is 8. The lowest BCUT2D eigenvalue weighted by molar-refractivity contribution is -0.909. The number of hydrogen-bond acceptors (Lipinski definition) is 4. The van der Waals surface area contributed by atoms with Gasteiger partial charge < -0.3 is 14.9 Å². The molecular formula is C34H46N3O3+. The minimum Gasteiger partial charge on any atom is -0.476 e. The molecule has 3 aliphatic heterocycles. The van der Waals surface area contributed by atoms with Gasteiger partial charge in [0.05, 0.1) is 27.1 Å². The SMILES string of the molecule is C=C(C)C(=O)C(C(=O)O)(C1[C@H]2c3ccccc3CCN2C[C@H](CC)[C@H]1C[C@H]1NCCc2ccccc21)[N+](C)(C)C. The van der Waals surface area contributed by atoms with Crippen molar-refractivity contribution in [2.24, 2.45) is 17.8 Å². The first-order valence-electron chi connectivity index (χ1n) is 14.9. The number of carboxylic acids is 1. The van der Waals surface area contributed by atoms with Crippen molar-refractivity contribution in [3.63, 3.8) is 0 Å². The molecule has 1 fully saturated rings. The highest BCUT2D eigenvalue weighted by molar-refractivity contribution is 6.14. The largest absolute Gasteiger partial charge is 0.476 e. The Kier molecular flexibility index (Phi) is 7.81. The van der Waals surface area contributed by atoms with E-state index in [4.69, 9.17) is 0 Å². The number of quaternary nitrogens is 1. The van der Waals surface area contributed by atoms with Crippen LogP contribution in [0.2, 0.25) is 0 Å². The molecule has 0 bridgehead atoms. The molecule has 0 amide bonds. The summed E-state index contributed by atoms with van der Waals surface area (Å²) in [6.45, 7) is 10.6. The summed E-state index contributed by atoms with van der Waals surface area (Å²) in [5, 5.41) is 15.1. The van der Waals surface area contributed by atoms with Gasteiger partial charge in [-0.2, -0.15) is 0 Å². The molecule has 6 heteroatoms. The minimum absolute atomic E-state index is 0.00676. The van der Waals surface area contributed by atoms with Gasteiger partial charge in [-0.05, 0) is 72.4 Å². The molecule has 0 saturated carbocycles. The summed E-state index contributed by atoms with van der Waals surface area (Å²) in [5.74, 6) is -1.55. The van der Waals surface area contributed by atoms with Gasteiger partial charge in [0, 0.05) is 25.2 Å². The number of aliphatic carboxylic acids is 1. The van der Waals surface area contributed by atoms with E-state index < -0.39 is 17.4 Å². The van der Waals surface area contributed by atoms with E-state index in [0.29, 0.717) is 5.57 Å². The Balaban J connectivity index is 1.76. The first-order chi connectivity index (χ1) is 19.0. The number of carboxylic acid groups (broad SMARTS) is 1. The summed E-state index contributed by atoms with van der Waals surface area (Å²) in [6, 6.07) is 17.1. The van der Waals surface area contributed by atoms with Gasteiger partial charge in [0.15, 0.2) is 0 Å². The lowest BCUT2D eigenvalue weighted by Gasteiger charge is -2.59. The molecule has 3 heterocycles. The Morgan fingerprint density at radius 2 is 1.68 bits per heavy atom. The number of fused-ring (bicyclic) bond motifs is 4. The number of piperidine rings is 1. The maximum atomic E-state index is 14.4. The summed E-state index contributed by atoms with van der Waals surface area (Å²) < 4.78 is 0.00676. The van der Waals surface area contributed by atoms with Crippen LogP contribution >= 0.6 is 0 Å². The summed E-state index contributed by atoms with van der Waals surface area (Å²) in [6.07, 6.45) is 3.67. The molecule has 214 valence electrons. The van der Waals surface area contributed by atoms with Crippen LogP contribution in [0, 0.1) is 17.8 Å². The zero-order chi connectivity index (χ0) is 28.8. The van der Waals surface area contributed by atoms with E-state index in [2.05, 4.69) is 72.3 Å². The maximum Gasteiger partial charge on any atom is 0.374 e. The second-order valence-corrected chi connectivity index (χ2v) is 13.1. The van der Waals surface area contributed by atoms with Crippen LogP contribution in [0.4, 0.5) is 0 Å². The van der Waals surface area contributed by atoms with Crippen molar-refractivity contribution in [1.29, 1.82) is 0 Å². The number of nitrogens with zero attached hydrogens (tertiary/aromatic N) is 2. The predicted molar refractivity (Wildman–Crippen MR) is 159 cm³/mol. The van der Waals surface area contributed by atoms with Crippen molar-refractivity contribution >= 4 is 11.8 Å². The molecule has 0 aromatic heterocycles. The normalized spacial score (nSPS) is 28.0. The van der Waals surface area contributed by atoms with Crippen molar-refractivity contribution in [3.8, 4) is 0 Å². The topological polar surface area (TPSA) is 69.6 Å². The number of benzene rings is 2. The van der Waals surface area contributed by atoms with Crippen LogP contribution < -0.4 is 5.32 Å². The third kappa shape index (κ3) is 4.54. The van der Waals surface area contributed by atoms with Crippen molar-refractivity contribution in [2.45, 2.75) is 57.2 Å². The van der Waals surface area contributed by atoms with Gasteiger partial charge in [-0.25, -0.2) is 4.79 Å². The standard InChI is InChI=1S/C34H45N3O3/c1-7-23-21-36-19-17-25-13-9-11-15-27(25)31(36)30(34(33(39)40,37(4,5)6)32(38)22(2)3)28(23)20-29-26-14-10-8-12-24(26)16-18-35-29/h8-15,23,28-31,35H,2,7,16-21H2,1,3-6H3/p+1/t23-,28+,29+,30?,31+,34?/m0/s1. The maximum absolute atomic E-state index is 14.4. The number of Topliss-reactive ketones (excluding diaryl/α,β-unsaturated/α-hetero) is 1. The molecule has 0 spiro atoms. The second kappa shape index (κ2) is 10.9. The average molecular weight is 545 g/mol. The van der Waals surface area contributed by atoms with Gasteiger partial charge in [0.1, 0.15) is 0 Å². The summed E-state index contributed by atoms with van der Waals surface area (Å²) in [5.41, 5.74) is 3.75. The fraction of sp³-hybridized carbons (Fsp3) is 0.529. The molecule has 0 radical (unpaired) electrons. The fourth-order valence-corrected chi connectivity index (χ4v) is 8.38. The fourth-order valence-electron chi connectivity index (χ4n) is 8.38. The smallest absolute Gasteiger partial charge is 0.374 e. The quantitative estimate of drug-likeness (QED) is 0.284.